The van der Waals surface area contributed by atoms with Gasteiger partial charge in [0.2, 0.25) is 0 Å². The van der Waals surface area contributed by atoms with Crippen LogP contribution in [0.4, 0.5) is 0 Å². The van der Waals surface area contributed by atoms with Gasteiger partial charge in [0.25, 0.3) is 0 Å². The van der Waals surface area contributed by atoms with E-state index in [2.05, 4.69) is 13.8 Å². The summed E-state index contributed by atoms with van der Waals surface area (Å²) >= 11 is 0. The van der Waals surface area contributed by atoms with E-state index >= 15 is 0 Å². The molecular formula is C13H24O2. The molecule has 0 unspecified atom stereocenters. The highest BCUT2D eigenvalue weighted by Crippen LogP contribution is 2.61. The van der Waals surface area contributed by atoms with Gasteiger partial charge in [0, 0.05) is 11.8 Å². The van der Waals surface area contributed by atoms with Crippen molar-refractivity contribution in [1.82, 2.24) is 0 Å². The van der Waals surface area contributed by atoms with Crippen molar-refractivity contribution < 1.29 is 9.47 Å². The average Bonchev–Trinajstić information content (AvgIpc) is 2.88. The van der Waals surface area contributed by atoms with E-state index in [0.29, 0.717) is 5.41 Å². The summed E-state index contributed by atoms with van der Waals surface area (Å²) in [6, 6.07) is 0. The van der Waals surface area contributed by atoms with Crippen molar-refractivity contribution in [1.29, 1.82) is 0 Å². The highest BCUT2D eigenvalue weighted by atomic mass is 16.7. The van der Waals surface area contributed by atoms with Crippen molar-refractivity contribution >= 4 is 0 Å². The Labute approximate surface area is 93.3 Å². The molecule has 15 heavy (non-hydrogen) atoms. The lowest BCUT2D eigenvalue weighted by atomic mass is 9.86. The SMILES string of the molecule is CCCCC1(C2(CCC)CC2)OCCO1. The predicted octanol–water partition coefficient (Wildman–Crippen LogP) is 3.50. The van der Waals surface area contributed by atoms with Gasteiger partial charge in [0.1, 0.15) is 0 Å². The summed E-state index contributed by atoms with van der Waals surface area (Å²) in [6.07, 6.45) is 8.71. The van der Waals surface area contributed by atoms with Crippen LogP contribution in [0.1, 0.15) is 58.8 Å². The summed E-state index contributed by atoms with van der Waals surface area (Å²) in [5.74, 6) is -0.195. The summed E-state index contributed by atoms with van der Waals surface area (Å²) < 4.78 is 12.0. The fourth-order valence-electron chi connectivity index (χ4n) is 3.03. The molecule has 1 saturated heterocycles. The zero-order valence-electron chi connectivity index (χ0n) is 10.2. The molecule has 2 rings (SSSR count). The molecular weight excluding hydrogens is 188 g/mol. The monoisotopic (exact) mass is 212 g/mol. The number of rotatable bonds is 6. The van der Waals surface area contributed by atoms with Crippen molar-refractivity contribution in [3.63, 3.8) is 0 Å². The first-order valence-electron chi connectivity index (χ1n) is 6.56. The molecule has 0 aromatic carbocycles. The summed E-state index contributed by atoms with van der Waals surface area (Å²) in [7, 11) is 0. The van der Waals surface area contributed by atoms with Crippen molar-refractivity contribution in [2.45, 2.75) is 64.6 Å². The molecule has 1 aliphatic heterocycles. The van der Waals surface area contributed by atoms with Crippen molar-refractivity contribution in [3.05, 3.63) is 0 Å². The minimum absolute atomic E-state index is 0.195. The van der Waals surface area contributed by atoms with Crippen LogP contribution in [0, 0.1) is 5.41 Å². The van der Waals surface area contributed by atoms with E-state index < -0.39 is 0 Å². The fourth-order valence-corrected chi connectivity index (χ4v) is 3.03. The third-order valence-corrected chi connectivity index (χ3v) is 4.00. The average molecular weight is 212 g/mol. The van der Waals surface area contributed by atoms with Gasteiger partial charge in [0.05, 0.1) is 13.2 Å². The van der Waals surface area contributed by atoms with E-state index in [1.54, 1.807) is 0 Å². The molecule has 1 aliphatic carbocycles. The minimum atomic E-state index is -0.195. The zero-order chi connectivity index (χ0) is 10.8. The predicted molar refractivity (Wildman–Crippen MR) is 60.7 cm³/mol. The van der Waals surface area contributed by atoms with Gasteiger partial charge in [-0.2, -0.15) is 0 Å². The Morgan fingerprint density at radius 3 is 2.07 bits per heavy atom. The van der Waals surface area contributed by atoms with Crippen molar-refractivity contribution in [3.8, 4) is 0 Å². The molecule has 0 bridgehead atoms. The van der Waals surface area contributed by atoms with E-state index in [4.69, 9.17) is 9.47 Å². The second-order valence-electron chi connectivity index (χ2n) is 5.08. The topological polar surface area (TPSA) is 18.5 Å². The summed E-state index contributed by atoms with van der Waals surface area (Å²) in [4.78, 5) is 0. The number of ether oxygens (including phenoxy) is 2. The molecule has 0 atom stereocenters. The molecule has 0 aromatic heterocycles. The fraction of sp³-hybridized carbons (Fsp3) is 1.00. The maximum atomic E-state index is 6.00. The maximum Gasteiger partial charge on any atom is 0.174 e. The third-order valence-electron chi connectivity index (χ3n) is 4.00. The quantitative estimate of drug-likeness (QED) is 0.671. The van der Waals surface area contributed by atoms with E-state index in [-0.39, 0.29) is 5.79 Å². The summed E-state index contributed by atoms with van der Waals surface area (Å²) in [5.41, 5.74) is 0.382. The first kappa shape index (κ1) is 11.4. The first-order valence-corrected chi connectivity index (χ1v) is 6.56. The first-order chi connectivity index (χ1) is 7.29. The van der Waals surface area contributed by atoms with E-state index in [9.17, 15) is 0 Å². The van der Waals surface area contributed by atoms with Crippen molar-refractivity contribution in [2.24, 2.45) is 5.41 Å². The molecule has 1 saturated carbocycles. The van der Waals surface area contributed by atoms with Crippen LogP contribution in [0.3, 0.4) is 0 Å². The number of unbranched alkanes of at least 4 members (excludes halogenated alkanes) is 1. The van der Waals surface area contributed by atoms with Crippen LogP contribution in [0.2, 0.25) is 0 Å². The Morgan fingerprint density at radius 1 is 0.933 bits per heavy atom. The lowest BCUT2D eigenvalue weighted by Crippen LogP contribution is -2.41. The Balaban J connectivity index is 2.04. The smallest absolute Gasteiger partial charge is 0.174 e. The number of hydrogen-bond donors (Lipinski definition) is 0. The Bertz CT molecular complexity index is 203. The molecule has 88 valence electrons. The normalized spacial score (nSPS) is 26.8. The highest BCUT2D eigenvalue weighted by Gasteiger charge is 2.61. The Kier molecular flexibility index (Phi) is 3.36. The maximum absolute atomic E-state index is 6.00. The molecule has 0 aromatic rings. The molecule has 2 aliphatic rings. The Morgan fingerprint density at radius 2 is 1.60 bits per heavy atom. The van der Waals surface area contributed by atoms with Gasteiger partial charge in [0.15, 0.2) is 5.79 Å². The van der Waals surface area contributed by atoms with Crippen LogP contribution in [0.15, 0.2) is 0 Å². The van der Waals surface area contributed by atoms with Crippen LogP contribution in [-0.4, -0.2) is 19.0 Å². The molecule has 0 spiro atoms. The van der Waals surface area contributed by atoms with Gasteiger partial charge in [-0.05, 0) is 25.7 Å². The van der Waals surface area contributed by atoms with Crippen LogP contribution < -0.4 is 0 Å². The lowest BCUT2D eigenvalue weighted by molar-refractivity contribution is -0.213. The van der Waals surface area contributed by atoms with Gasteiger partial charge in [-0.25, -0.2) is 0 Å². The van der Waals surface area contributed by atoms with Crippen LogP contribution >= 0.6 is 0 Å². The standard InChI is InChI=1S/C13H24O2/c1-3-5-7-13(14-10-11-15-13)12(6-4-2)8-9-12/h3-11H2,1-2H3. The molecule has 0 radical (unpaired) electrons. The molecule has 2 nitrogen and oxygen atoms in total. The molecule has 0 N–H and O–H groups in total. The van der Waals surface area contributed by atoms with Gasteiger partial charge >= 0.3 is 0 Å². The Hall–Kier alpha value is -0.0800. The highest BCUT2D eigenvalue weighted by molar-refractivity contribution is 5.05. The summed E-state index contributed by atoms with van der Waals surface area (Å²) in [6.45, 7) is 6.11. The zero-order valence-corrected chi connectivity index (χ0v) is 10.2. The van der Waals surface area contributed by atoms with Gasteiger partial charge in [-0.3, -0.25) is 0 Å². The van der Waals surface area contributed by atoms with Crippen molar-refractivity contribution in [2.75, 3.05) is 13.2 Å². The second-order valence-corrected chi connectivity index (χ2v) is 5.08. The molecule has 2 heteroatoms. The molecule has 0 amide bonds. The van der Waals surface area contributed by atoms with Crippen LogP contribution in [0.25, 0.3) is 0 Å². The van der Waals surface area contributed by atoms with E-state index in [1.165, 1.54) is 38.5 Å². The van der Waals surface area contributed by atoms with Crippen LogP contribution in [-0.2, 0) is 9.47 Å². The third kappa shape index (κ3) is 1.94. The van der Waals surface area contributed by atoms with Gasteiger partial charge in [-0.15, -0.1) is 0 Å². The van der Waals surface area contributed by atoms with E-state index in [0.717, 1.165) is 19.6 Å². The molecule has 2 fully saturated rings. The molecule has 1 heterocycles. The number of hydrogen-bond acceptors (Lipinski definition) is 2. The minimum Gasteiger partial charge on any atom is -0.347 e. The van der Waals surface area contributed by atoms with Crippen LogP contribution in [0.5, 0.6) is 0 Å². The summed E-state index contributed by atoms with van der Waals surface area (Å²) in [5, 5.41) is 0. The largest absolute Gasteiger partial charge is 0.347 e. The van der Waals surface area contributed by atoms with Gasteiger partial charge in [-0.1, -0.05) is 26.7 Å². The second kappa shape index (κ2) is 4.42. The lowest BCUT2D eigenvalue weighted by Gasteiger charge is -2.36. The van der Waals surface area contributed by atoms with E-state index in [1.807, 2.05) is 0 Å². The van der Waals surface area contributed by atoms with Gasteiger partial charge < -0.3 is 9.47 Å².